The Labute approximate surface area is 211 Å². The van der Waals surface area contributed by atoms with Gasteiger partial charge in [0.05, 0.1) is 22.3 Å². The maximum absolute atomic E-state index is 6.73. The summed E-state index contributed by atoms with van der Waals surface area (Å²) >= 11 is 12.3. The zero-order chi connectivity index (χ0) is 24.0. The summed E-state index contributed by atoms with van der Waals surface area (Å²) in [6.07, 6.45) is 0. The highest BCUT2D eigenvalue weighted by atomic mass is 35.5. The molecule has 174 valence electrons. The molecule has 0 saturated carbocycles. The van der Waals surface area contributed by atoms with Crippen molar-refractivity contribution in [1.29, 1.82) is 0 Å². The van der Waals surface area contributed by atoms with E-state index in [1.54, 1.807) is 6.07 Å². The Morgan fingerprint density at radius 2 is 1.50 bits per heavy atom. The number of pyridine rings is 1. The van der Waals surface area contributed by atoms with Crippen molar-refractivity contribution in [2.75, 3.05) is 0 Å². The summed E-state index contributed by atoms with van der Waals surface area (Å²) in [5, 5.41) is 2.36. The maximum atomic E-state index is 6.73. The zero-order valence-electron chi connectivity index (χ0n) is 19.7. The molecule has 6 heteroatoms. The van der Waals surface area contributed by atoms with Gasteiger partial charge in [0.15, 0.2) is 5.76 Å². The molecule has 2 aromatic carbocycles. The van der Waals surface area contributed by atoms with Crippen molar-refractivity contribution in [3.8, 4) is 34.0 Å². The Balaban J connectivity index is 1.67. The monoisotopic (exact) mass is 507 g/mol. The minimum atomic E-state index is -2.24. The molecule has 0 radical (unpaired) electrons. The third-order valence-corrected chi connectivity index (χ3v) is 12.9. The highest BCUT2D eigenvalue weighted by Gasteiger charge is 2.51. The highest BCUT2D eigenvalue weighted by molar-refractivity contribution is 6.90. The van der Waals surface area contributed by atoms with Crippen molar-refractivity contribution in [3.63, 3.8) is 0 Å². The number of hydrogen-bond acceptors (Lipinski definition) is 3. The van der Waals surface area contributed by atoms with Crippen molar-refractivity contribution in [2.24, 2.45) is 0 Å². The second-order valence-electron chi connectivity index (χ2n) is 9.44. The topological polar surface area (TPSA) is 35.3 Å². The van der Waals surface area contributed by atoms with Crippen LogP contribution in [0.4, 0.5) is 0 Å². The fourth-order valence-corrected chi connectivity index (χ4v) is 10.4. The number of rotatable bonds is 5. The van der Waals surface area contributed by atoms with Crippen LogP contribution in [0, 0.1) is 0 Å². The normalized spacial score (nSPS) is 14.7. The van der Waals surface area contributed by atoms with Crippen LogP contribution >= 0.6 is 23.2 Å². The first kappa shape index (κ1) is 23.4. The lowest BCUT2D eigenvalue weighted by Crippen LogP contribution is -2.53. The molecule has 34 heavy (non-hydrogen) atoms. The lowest BCUT2D eigenvalue weighted by Gasteiger charge is -2.35. The molecule has 0 N–H and O–H groups in total. The first-order chi connectivity index (χ1) is 16.3. The second-order valence-corrected chi connectivity index (χ2v) is 14.9. The lowest BCUT2D eigenvalue weighted by atomic mass is 10.1. The maximum Gasteiger partial charge on any atom is 0.232 e. The van der Waals surface area contributed by atoms with Gasteiger partial charge in [-0.3, -0.25) is 0 Å². The van der Waals surface area contributed by atoms with E-state index in [4.69, 9.17) is 37.0 Å². The average Bonchev–Trinajstić information content (AvgIpc) is 3.47. The highest BCUT2D eigenvalue weighted by Crippen LogP contribution is 2.42. The van der Waals surface area contributed by atoms with E-state index in [2.05, 4.69) is 58.0 Å². The Kier molecular flexibility index (Phi) is 6.19. The van der Waals surface area contributed by atoms with Gasteiger partial charge in [0, 0.05) is 11.1 Å². The van der Waals surface area contributed by atoms with Crippen LogP contribution in [0.15, 0.2) is 71.1 Å². The molecule has 3 heterocycles. The number of fused-ring (bicyclic) bond motifs is 1. The number of hydrogen-bond donors (Lipinski definition) is 0. The Morgan fingerprint density at radius 3 is 2.18 bits per heavy atom. The Hall–Kier alpha value is -2.37. The number of nitrogens with zero attached hydrogens (tertiary/aromatic N) is 1. The number of aromatic nitrogens is 1. The summed E-state index contributed by atoms with van der Waals surface area (Å²) in [5.41, 5.74) is 5.92. The lowest BCUT2D eigenvalue weighted by molar-refractivity contribution is 0.299. The smallest absolute Gasteiger partial charge is 0.232 e. The van der Waals surface area contributed by atoms with Gasteiger partial charge in [-0.1, -0.05) is 81.2 Å². The minimum absolute atomic E-state index is 0.439. The summed E-state index contributed by atoms with van der Waals surface area (Å²) in [6.45, 7) is 9.79. The fraction of sp³-hybridized carbons (Fsp3) is 0.250. The first-order valence-corrected chi connectivity index (χ1v) is 14.4. The summed E-state index contributed by atoms with van der Waals surface area (Å²) in [7, 11) is -2.24. The van der Waals surface area contributed by atoms with E-state index < -0.39 is 8.32 Å². The first-order valence-electron chi connectivity index (χ1n) is 11.6. The van der Waals surface area contributed by atoms with E-state index in [9.17, 15) is 0 Å². The van der Waals surface area contributed by atoms with Crippen molar-refractivity contribution in [1.82, 2.24) is 4.98 Å². The average molecular weight is 509 g/mol. The summed E-state index contributed by atoms with van der Waals surface area (Å²) < 4.78 is 13.0. The van der Waals surface area contributed by atoms with Gasteiger partial charge in [-0.15, -0.1) is 0 Å². The predicted molar refractivity (Wildman–Crippen MR) is 143 cm³/mol. The largest absolute Gasteiger partial charge is 0.454 e. The van der Waals surface area contributed by atoms with Gasteiger partial charge in [-0.05, 0) is 58.2 Å². The fourth-order valence-electron chi connectivity index (χ4n) is 5.21. The van der Waals surface area contributed by atoms with Crippen LogP contribution in [-0.2, 0) is 11.0 Å². The predicted octanol–water partition coefficient (Wildman–Crippen LogP) is 8.49. The van der Waals surface area contributed by atoms with Gasteiger partial charge in [-0.2, -0.15) is 0 Å². The van der Waals surface area contributed by atoms with E-state index >= 15 is 0 Å². The molecule has 1 aliphatic heterocycles. The standard InChI is InChI=1S/C28H27Cl2NO2Si/c1-17(2)34(18(3)4)28-21(16-32-34)15-24(31-27(28)19-8-6-5-7-9-19)26-13-12-25(33-26)20-10-11-22(29)23(30)14-20/h5-15,17-18H,16H2,1-4H3. The summed E-state index contributed by atoms with van der Waals surface area (Å²) in [4.78, 5) is 5.20. The van der Waals surface area contributed by atoms with Crippen LogP contribution in [0.5, 0.6) is 0 Å². The van der Waals surface area contributed by atoms with Gasteiger partial charge in [0.25, 0.3) is 0 Å². The summed E-state index contributed by atoms with van der Waals surface area (Å²) in [6, 6.07) is 22.0. The van der Waals surface area contributed by atoms with Gasteiger partial charge in [0.1, 0.15) is 11.5 Å². The van der Waals surface area contributed by atoms with Crippen LogP contribution in [0.3, 0.4) is 0 Å². The van der Waals surface area contributed by atoms with E-state index in [1.807, 2.05) is 30.3 Å². The van der Waals surface area contributed by atoms with E-state index in [1.165, 1.54) is 10.8 Å². The molecule has 0 spiro atoms. The minimum Gasteiger partial charge on any atom is -0.454 e. The molecule has 2 aromatic heterocycles. The molecule has 5 rings (SSSR count). The molecule has 1 aliphatic rings. The molecule has 0 amide bonds. The summed E-state index contributed by atoms with van der Waals surface area (Å²) in [5.74, 6) is 1.44. The van der Waals surface area contributed by atoms with Gasteiger partial charge in [0.2, 0.25) is 8.32 Å². The van der Waals surface area contributed by atoms with Crippen LogP contribution in [-0.4, -0.2) is 13.3 Å². The molecule has 0 unspecified atom stereocenters. The third kappa shape index (κ3) is 3.83. The van der Waals surface area contributed by atoms with Crippen molar-refractivity contribution >= 4 is 36.7 Å². The molecule has 4 aromatic rings. The van der Waals surface area contributed by atoms with E-state index in [0.29, 0.717) is 33.5 Å². The van der Waals surface area contributed by atoms with Crippen LogP contribution in [0.25, 0.3) is 34.0 Å². The Morgan fingerprint density at radius 1 is 0.794 bits per heavy atom. The van der Waals surface area contributed by atoms with Gasteiger partial charge >= 0.3 is 0 Å². The molecular formula is C28H27Cl2NO2Si. The quantitative estimate of drug-likeness (QED) is 0.254. The molecule has 0 fully saturated rings. The van der Waals surface area contributed by atoms with Crippen molar-refractivity contribution in [2.45, 2.75) is 45.4 Å². The number of furan rings is 1. The second kappa shape index (κ2) is 9.01. The number of benzene rings is 2. The third-order valence-electron chi connectivity index (χ3n) is 6.78. The molecule has 0 atom stereocenters. The van der Waals surface area contributed by atoms with E-state index in [0.717, 1.165) is 28.3 Å². The molecular weight excluding hydrogens is 481 g/mol. The van der Waals surface area contributed by atoms with Gasteiger partial charge < -0.3 is 8.84 Å². The van der Waals surface area contributed by atoms with Crippen molar-refractivity contribution in [3.05, 3.63) is 82.3 Å². The van der Waals surface area contributed by atoms with Crippen LogP contribution < -0.4 is 5.19 Å². The molecule has 0 aliphatic carbocycles. The molecule has 0 bridgehead atoms. The Bertz CT molecular complexity index is 1340. The zero-order valence-corrected chi connectivity index (χ0v) is 22.2. The van der Waals surface area contributed by atoms with Gasteiger partial charge in [-0.25, -0.2) is 4.98 Å². The van der Waals surface area contributed by atoms with E-state index in [-0.39, 0.29) is 0 Å². The number of halogens is 2. The van der Waals surface area contributed by atoms with Crippen LogP contribution in [0.2, 0.25) is 21.1 Å². The molecule has 3 nitrogen and oxygen atoms in total. The SMILES string of the molecule is CC(C)[Si]1(C(C)C)OCc2cc(-c3ccc(-c4ccc(Cl)c(Cl)c4)o3)nc(-c3ccccc3)c21. The van der Waals surface area contributed by atoms with Crippen LogP contribution in [0.1, 0.15) is 33.3 Å². The molecule has 0 saturated heterocycles. The van der Waals surface area contributed by atoms with Crippen molar-refractivity contribution < 1.29 is 8.84 Å².